The van der Waals surface area contributed by atoms with E-state index in [9.17, 15) is 0 Å². The molecule has 1 heterocycles. The van der Waals surface area contributed by atoms with Crippen molar-refractivity contribution in [2.75, 3.05) is 25.5 Å². The lowest BCUT2D eigenvalue weighted by Gasteiger charge is -2.23. The molecule has 90 valence electrons. The van der Waals surface area contributed by atoms with Crippen molar-refractivity contribution in [2.45, 2.75) is 33.2 Å². The van der Waals surface area contributed by atoms with Gasteiger partial charge in [-0.1, -0.05) is 6.92 Å². The molecule has 1 atom stereocenters. The van der Waals surface area contributed by atoms with Gasteiger partial charge in [-0.3, -0.25) is 0 Å². The van der Waals surface area contributed by atoms with Gasteiger partial charge in [-0.25, -0.2) is 9.97 Å². The largest absolute Gasteiger partial charge is 0.353 e. The maximum absolute atomic E-state index is 4.20. The first-order valence-electron chi connectivity index (χ1n) is 5.86. The number of hydrogen-bond acceptors (Lipinski definition) is 4. The Balaban J connectivity index is 2.27. The zero-order chi connectivity index (χ0) is 12.0. The van der Waals surface area contributed by atoms with Gasteiger partial charge in [-0.05, 0) is 32.9 Å². The minimum absolute atomic E-state index is 0.626. The third-order valence-electron chi connectivity index (χ3n) is 2.87. The number of nitrogens with zero attached hydrogens (tertiary/aromatic N) is 3. The van der Waals surface area contributed by atoms with Crippen LogP contribution in [-0.4, -0.2) is 41.0 Å². The maximum atomic E-state index is 4.20. The van der Waals surface area contributed by atoms with E-state index in [1.165, 1.54) is 6.42 Å². The summed E-state index contributed by atoms with van der Waals surface area (Å²) in [4.78, 5) is 10.7. The molecule has 4 heteroatoms. The molecule has 16 heavy (non-hydrogen) atoms. The second kappa shape index (κ2) is 6.43. The SMILES string of the molecule is CCC(C)N(C)CCNc1ncc(C)cn1. The number of likely N-dealkylation sites (N-methyl/N-ethyl adjacent to an activating group) is 1. The molecule has 0 spiro atoms. The van der Waals surface area contributed by atoms with E-state index in [0.29, 0.717) is 12.0 Å². The van der Waals surface area contributed by atoms with Gasteiger partial charge in [0.15, 0.2) is 0 Å². The van der Waals surface area contributed by atoms with Gasteiger partial charge in [-0.2, -0.15) is 0 Å². The van der Waals surface area contributed by atoms with E-state index in [1.807, 2.05) is 19.3 Å². The monoisotopic (exact) mass is 222 g/mol. The van der Waals surface area contributed by atoms with Gasteiger partial charge in [0, 0.05) is 31.5 Å². The normalized spacial score (nSPS) is 12.8. The highest BCUT2D eigenvalue weighted by atomic mass is 15.2. The molecule has 1 N–H and O–H groups in total. The van der Waals surface area contributed by atoms with Crippen molar-refractivity contribution in [1.82, 2.24) is 14.9 Å². The Labute approximate surface area is 98.1 Å². The van der Waals surface area contributed by atoms with Gasteiger partial charge in [0.2, 0.25) is 5.95 Å². The molecule has 0 saturated heterocycles. The third kappa shape index (κ3) is 4.14. The number of anilines is 1. The van der Waals surface area contributed by atoms with E-state index in [-0.39, 0.29) is 0 Å². The zero-order valence-electron chi connectivity index (χ0n) is 10.7. The van der Waals surface area contributed by atoms with Crippen molar-refractivity contribution < 1.29 is 0 Å². The Morgan fingerprint density at radius 1 is 1.38 bits per heavy atom. The lowest BCUT2D eigenvalue weighted by atomic mass is 10.2. The van der Waals surface area contributed by atoms with E-state index in [0.717, 1.165) is 18.7 Å². The first kappa shape index (κ1) is 12.9. The standard InChI is InChI=1S/C12H22N4/c1-5-11(3)16(4)7-6-13-12-14-8-10(2)9-15-12/h8-9,11H,5-7H2,1-4H3,(H,13,14,15). The fourth-order valence-electron chi connectivity index (χ4n) is 1.36. The molecule has 0 amide bonds. The molecular formula is C12H22N4. The van der Waals surface area contributed by atoms with Gasteiger partial charge in [0.1, 0.15) is 0 Å². The molecule has 0 bridgehead atoms. The number of aryl methyl sites for hydroxylation is 1. The maximum Gasteiger partial charge on any atom is 0.222 e. The molecule has 0 aliphatic carbocycles. The summed E-state index contributed by atoms with van der Waals surface area (Å²) in [7, 11) is 2.14. The number of rotatable bonds is 6. The van der Waals surface area contributed by atoms with Crippen molar-refractivity contribution in [3.05, 3.63) is 18.0 Å². The van der Waals surface area contributed by atoms with Gasteiger partial charge in [0.05, 0.1) is 0 Å². The minimum Gasteiger partial charge on any atom is -0.353 e. The first-order valence-corrected chi connectivity index (χ1v) is 5.86. The minimum atomic E-state index is 0.626. The van der Waals surface area contributed by atoms with Crippen LogP contribution >= 0.6 is 0 Å². The van der Waals surface area contributed by atoms with Gasteiger partial charge in [0.25, 0.3) is 0 Å². The summed E-state index contributed by atoms with van der Waals surface area (Å²) in [5.74, 6) is 0.711. The van der Waals surface area contributed by atoms with E-state index >= 15 is 0 Å². The molecule has 4 nitrogen and oxygen atoms in total. The topological polar surface area (TPSA) is 41.0 Å². The molecule has 0 aliphatic heterocycles. The summed E-state index contributed by atoms with van der Waals surface area (Å²) >= 11 is 0. The number of aromatic nitrogens is 2. The summed E-state index contributed by atoms with van der Waals surface area (Å²) in [6.07, 6.45) is 4.83. The molecular weight excluding hydrogens is 200 g/mol. The van der Waals surface area contributed by atoms with E-state index < -0.39 is 0 Å². The molecule has 0 saturated carbocycles. The summed E-state index contributed by atoms with van der Waals surface area (Å²) in [5, 5.41) is 3.22. The highest BCUT2D eigenvalue weighted by Crippen LogP contribution is 2.01. The molecule has 1 aromatic rings. The van der Waals surface area contributed by atoms with Crippen molar-refractivity contribution in [1.29, 1.82) is 0 Å². The third-order valence-corrected chi connectivity index (χ3v) is 2.87. The Kier molecular flexibility index (Phi) is 5.19. The summed E-state index contributed by atoms with van der Waals surface area (Å²) in [6.45, 7) is 8.32. The second-order valence-corrected chi connectivity index (χ2v) is 4.25. The molecule has 0 radical (unpaired) electrons. The second-order valence-electron chi connectivity index (χ2n) is 4.25. The summed E-state index contributed by atoms with van der Waals surface area (Å²) in [6, 6.07) is 0.626. The van der Waals surface area contributed by atoms with E-state index in [1.54, 1.807) is 0 Å². The molecule has 1 rings (SSSR count). The average Bonchev–Trinajstić information content (AvgIpc) is 2.30. The van der Waals surface area contributed by atoms with Crippen molar-refractivity contribution >= 4 is 5.95 Å². The smallest absolute Gasteiger partial charge is 0.222 e. The van der Waals surface area contributed by atoms with Crippen LogP contribution in [0.2, 0.25) is 0 Å². The first-order chi connectivity index (χ1) is 7.63. The number of nitrogens with one attached hydrogen (secondary N) is 1. The fraction of sp³-hybridized carbons (Fsp3) is 0.667. The van der Waals surface area contributed by atoms with Crippen LogP contribution < -0.4 is 5.32 Å². The lowest BCUT2D eigenvalue weighted by Crippen LogP contribution is -2.32. The Morgan fingerprint density at radius 3 is 2.56 bits per heavy atom. The predicted molar refractivity (Wildman–Crippen MR) is 67.6 cm³/mol. The quantitative estimate of drug-likeness (QED) is 0.798. The molecule has 1 unspecified atom stereocenters. The molecule has 0 aliphatic rings. The highest BCUT2D eigenvalue weighted by molar-refractivity contribution is 5.23. The van der Waals surface area contributed by atoms with Crippen LogP contribution in [0.5, 0.6) is 0 Å². The Bertz CT molecular complexity index is 296. The highest BCUT2D eigenvalue weighted by Gasteiger charge is 2.05. The summed E-state index contributed by atoms with van der Waals surface area (Å²) in [5.41, 5.74) is 1.09. The molecule has 0 fully saturated rings. The van der Waals surface area contributed by atoms with Crippen LogP contribution in [0, 0.1) is 6.92 Å². The van der Waals surface area contributed by atoms with Crippen LogP contribution in [0.4, 0.5) is 5.95 Å². The van der Waals surface area contributed by atoms with Gasteiger partial charge < -0.3 is 10.2 Å². The fourth-order valence-corrected chi connectivity index (χ4v) is 1.36. The Hall–Kier alpha value is -1.16. The van der Waals surface area contributed by atoms with E-state index in [4.69, 9.17) is 0 Å². The average molecular weight is 222 g/mol. The molecule has 1 aromatic heterocycles. The van der Waals surface area contributed by atoms with Crippen molar-refractivity contribution in [3.63, 3.8) is 0 Å². The molecule has 0 aromatic carbocycles. The van der Waals surface area contributed by atoms with Crippen LogP contribution in [0.3, 0.4) is 0 Å². The van der Waals surface area contributed by atoms with Crippen molar-refractivity contribution in [3.8, 4) is 0 Å². The lowest BCUT2D eigenvalue weighted by molar-refractivity contribution is 0.261. The van der Waals surface area contributed by atoms with Crippen LogP contribution in [0.15, 0.2) is 12.4 Å². The Morgan fingerprint density at radius 2 is 2.00 bits per heavy atom. The van der Waals surface area contributed by atoms with Crippen LogP contribution in [0.1, 0.15) is 25.8 Å². The number of hydrogen-bond donors (Lipinski definition) is 1. The van der Waals surface area contributed by atoms with E-state index in [2.05, 4.69) is 41.1 Å². The summed E-state index contributed by atoms with van der Waals surface area (Å²) < 4.78 is 0. The predicted octanol–water partition coefficient (Wildman–Crippen LogP) is 1.93. The van der Waals surface area contributed by atoms with Crippen LogP contribution in [-0.2, 0) is 0 Å². The van der Waals surface area contributed by atoms with Gasteiger partial charge >= 0.3 is 0 Å². The van der Waals surface area contributed by atoms with Gasteiger partial charge in [-0.15, -0.1) is 0 Å². The van der Waals surface area contributed by atoms with Crippen LogP contribution in [0.25, 0.3) is 0 Å². The zero-order valence-corrected chi connectivity index (χ0v) is 10.7. The van der Waals surface area contributed by atoms with Crippen molar-refractivity contribution in [2.24, 2.45) is 0 Å².